The first kappa shape index (κ1) is 26.9. The third-order valence-corrected chi connectivity index (χ3v) is 8.77. The smallest absolute Gasteiger partial charge is 0.353 e. The fraction of sp³-hybridized carbons (Fsp3) is 0.290. The van der Waals surface area contributed by atoms with Crippen molar-refractivity contribution in [2.24, 2.45) is 5.92 Å². The van der Waals surface area contributed by atoms with E-state index in [0.29, 0.717) is 38.3 Å². The van der Waals surface area contributed by atoms with Gasteiger partial charge >= 0.3 is 5.69 Å². The molecule has 3 heterocycles. The van der Waals surface area contributed by atoms with Gasteiger partial charge in [0.1, 0.15) is 27.6 Å². The van der Waals surface area contributed by atoms with Crippen LogP contribution in [-0.4, -0.2) is 45.2 Å². The summed E-state index contributed by atoms with van der Waals surface area (Å²) in [4.78, 5) is 35.4. The van der Waals surface area contributed by atoms with Crippen LogP contribution in [0.1, 0.15) is 31.2 Å². The molecule has 6 rings (SSSR count). The zero-order valence-electron chi connectivity index (χ0n) is 22.9. The van der Waals surface area contributed by atoms with Gasteiger partial charge in [-0.15, -0.1) is 11.3 Å². The minimum atomic E-state index is -0.435. The molecule has 1 aliphatic carbocycles. The number of thiophene rings is 1. The quantitative estimate of drug-likeness (QED) is 0.254. The molecule has 10 heteroatoms. The van der Waals surface area contributed by atoms with E-state index in [-0.39, 0.29) is 30.2 Å². The normalized spacial score (nSPS) is 17.7. The lowest BCUT2D eigenvalue weighted by Crippen LogP contribution is -2.41. The molecule has 1 amide bonds. The van der Waals surface area contributed by atoms with Crippen LogP contribution in [0.2, 0.25) is 0 Å². The molecule has 2 aromatic carbocycles. The molecule has 0 bridgehead atoms. The number of benzene rings is 2. The maximum atomic E-state index is 13.5. The third-order valence-electron chi connectivity index (χ3n) is 7.63. The van der Waals surface area contributed by atoms with Crippen molar-refractivity contribution < 1.29 is 14.6 Å². The van der Waals surface area contributed by atoms with E-state index in [1.807, 2.05) is 61.5 Å². The Morgan fingerprint density at radius 2 is 1.98 bits per heavy atom. The predicted octanol–water partition coefficient (Wildman–Crippen LogP) is 4.38. The molecule has 9 nitrogen and oxygen atoms in total. The van der Waals surface area contributed by atoms with Crippen LogP contribution in [-0.2, 0) is 4.79 Å². The number of aliphatic hydroxyl groups is 1. The lowest BCUT2D eigenvalue weighted by molar-refractivity contribution is -0.121. The number of rotatable bonds is 8. The van der Waals surface area contributed by atoms with E-state index in [2.05, 4.69) is 20.6 Å². The highest BCUT2D eigenvalue weighted by Crippen LogP contribution is 2.33. The molecule has 2 atom stereocenters. The third kappa shape index (κ3) is 5.28. The number of para-hydroxylation sites is 1. The minimum absolute atomic E-state index is 0.00306. The van der Waals surface area contributed by atoms with Crippen LogP contribution in [0, 0.1) is 12.8 Å². The molecule has 0 spiro atoms. The van der Waals surface area contributed by atoms with Crippen molar-refractivity contribution >= 4 is 44.3 Å². The lowest BCUT2D eigenvalue weighted by Gasteiger charge is -2.20. The summed E-state index contributed by atoms with van der Waals surface area (Å²) in [5.41, 5.74) is 2.26. The van der Waals surface area contributed by atoms with Crippen LogP contribution in [0.4, 0.5) is 0 Å². The van der Waals surface area contributed by atoms with Crippen LogP contribution in [0.5, 0.6) is 11.5 Å². The van der Waals surface area contributed by atoms with Gasteiger partial charge in [-0.3, -0.25) is 9.36 Å². The van der Waals surface area contributed by atoms with Crippen LogP contribution in [0.25, 0.3) is 32.7 Å². The summed E-state index contributed by atoms with van der Waals surface area (Å²) in [5.74, 6) is 1.64. The van der Waals surface area contributed by atoms with Gasteiger partial charge in [0.2, 0.25) is 5.91 Å². The Kier molecular flexibility index (Phi) is 7.42. The van der Waals surface area contributed by atoms with Gasteiger partial charge in [0.05, 0.1) is 27.7 Å². The van der Waals surface area contributed by atoms with Crippen LogP contribution >= 0.6 is 11.3 Å². The molecular formula is C31H31N5O4S. The van der Waals surface area contributed by atoms with Crippen LogP contribution in [0.3, 0.4) is 0 Å². The second-order valence-electron chi connectivity index (χ2n) is 10.4. The number of hydrogen-bond acceptors (Lipinski definition) is 8. The summed E-state index contributed by atoms with van der Waals surface area (Å²) < 4.78 is 8.13. The fourth-order valence-corrected chi connectivity index (χ4v) is 6.81. The van der Waals surface area contributed by atoms with E-state index in [1.165, 1.54) is 11.3 Å². The van der Waals surface area contributed by atoms with Crippen molar-refractivity contribution in [1.29, 1.82) is 0 Å². The number of pyridine rings is 1. The number of carbonyl (C=O) groups is 1. The number of aliphatic hydroxyl groups excluding tert-OH is 1. The van der Waals surface area contributed by atoms with Crippen molar-refractivity contribution in [2.75, 3.05) is 13.6 Å². The average molecular weight is 570 g/mol. The SMILES string of the molecule is CNCC(=O)N[C@H]1CCC[C@@H]1CC(O)=c1sc2nccc3c2c1nc(=O)n3-c1ccc(Oc2ccccc2)cc1C. The van der Waals surface area contributed by atoms with E-state index in [9.17, 15) is 14.7 Å². The molecule has 5 aromatic rings. The highest BCUT2D eigenvalue weighted by atomic mass is 32.1. The Morgan fingerprint density at radius 3 is 2.76 bits per heavy atom. The first-order valence-electron chi connectivity index (χ1n) is 13.7. The van der Waals surface area contributed by atoms with Gasteiger partial charge in [-0.05, 0) is 74.7 Å². The highest BCUT2D eigenvalue weighted by molar-refractivity contribution is 7.17. The second-order valence-corrected chi connectivity index (χ2v) is 11.4. The minimum Gasteiger partial charge on any atom is -0.511 e. The van der Waals surface area contributed by atoms with E-state index in [1.54, 1.807) is 17.8 Å². The number of aromatic nitrogens is 3. The maximum Gasteiger partial charge on any atom is 0.353 e. The number of nitrogens with zero attached hydrogens (tertiary/aromatic N) is 3. The Balaban J connectivity index is 1.38. The van der Waals surface area contributed by atoms with Crippen molar-refractivity contribution in [3.05, 3.63) is 81.4 Å². The van der Waals surface area contributed by atoms with Gasteiger partial charge in [0.15, 0.2) is 0 Å². The molecule has 41 heavy (non-hydrogen) atoms. The number of carbonyl (C=O) groups excluding carboxylic acids is 1. The van der Waals surface area contributed by atoms with Crippen molar-refractivity contribution in [2.45, 2.75) is 38.6 Å². The molecule has 1 saturated carbocycles. The van der Waals surface area contributed by atoms with E-state index in [0.717, 1.165) is 36.0 Å². The van der Waals surface area contributed by atoms with Gasteiger partial charge in [-0.25, -0.2) is 9.78 Å². The molecular weight excluding hydrogens is 538 g/mol. The van der Waals surface area contributed by atoms with Crippen molar-refractivity contribution in [1.82, 2.24) is 25.2 Å². The predicted molar refractivity (Wildman–Crippen MR) is 161 cm³/mol. The number of hydrogen-bond donors (Lipinski definition) is 3. The molecule has 3 N–H and O–H groups in total. The molecule has 0 aliphatic heterocycles. The van der Waals surface area contributed by atoms with Gasteiger partial charge in [0.25, 0.3) is 0 Å². The van der Waals surface area contributed by atoms with Crippen molar-refractivity contribution in [3.63, 3.8) is 0 Å². The van der Waals surface area contributed by atoms with Crippen molar-refractivity contribution in [3.8, 4) is 17.2 Å². The van der Waals surface area contributed by atoms with Crippen LogP contribution < -0.4 is 25.6 Å². The molecule has 0 radical (unpaired) electrons. The first-order chi connectivity index (χ1) is 19.9. The Morgan fingerprint density at radius 1 is 1.15 bits per heavy atom. The Hall–Kier alpha value is -4.28. The monoisotopic (exact) mass is 569 g/mol. The van der Waals surface area contributed by atoms with Gasteiger partial charge in [-0.1, -0.05) is 24.6 Å². The number of ether oxygens (including phenoxy) is 1. The van der Waals surface area contributed by atoms with Gasteiger partial charge < -0.3 is 20.5 Å². The Bertz CT molecular complexity index is 1850. The summed E-state index contributed by atoms with van der Waals surface area (Å²) in [6, 6.07) is 16.9. The highest BCUT2D eigenvalue weighted by Gasteiger charge is 2.30. The largest absolute Gasteiger partial charge is 0.511 e. The van der Waals surface area contributed by atoms with Crippen LogP contribution in [0.15, 0.2) is 65.6 Å². The van der Waals surface area contributed by atoms with Gasteiger partial charge in [-0.2, -0.15) is 4.98 Å². The standard InChI is InChI=1S/C31H31N5O4S/c1-18-15-21(40-20-8-4-3-5-9-20)11-12-23(18)36-24-13-14-33-30-27(24)28(35-31(36)39)29(41-30)25(37)16-19-7-6-10-22(19)34-26(38)17-32-2/h3-5,8-9,11-15,19,22,32,37H,6-7,10,16-17H2,1-2H3,(H,34,38)/t19-,22+/m1/s1. The Labute approximate surface area is 240 Å². The molecule has 3 aromatic heterocycles. The summed E-state index contributed by atoms with van der Waals surface area (Å²) in [6.45, 7) is 2.19. The number of nitrogens with one attached hydrogen (secondary N) is 2. The average Bonchev–Trinajstić information content (AvgIpc) is 3.55. The lowest BCUT2D eigenvalue weighted by atomic mass is 9.98. The molecule has 1 aliphatic rings. The topological polar surface area (TPSA) is 118 Å². The van der Waals surface area contributed by atoms with E-state index >= 15 is 0 Å². The summed E-state index contributed by atoms with van der Waals surface area (Å²) in [7, 11) is 1.74. The second kappa shape index (κ2) is 11.3. The maximum absolute atomic E-state index is 13.5. The summed E-state index contributed by atoms with van der Waals surface area (Å²) in [6.07, 6.45) is 4.85. The number of likely N-dealkylation sites (N-methyl/N-ethyl adjacent to an activating group) is 1. The molecule has 1 fully saturated rings. The molecule has 210 valence electrons. The van der Waals surface area contributed by atoms with Gasteiger partial charge in [0, 0.05) is 18.7 Å². The fourth-order valence-electron chi connectivity index (χ4n) is 5.76. The van der Waals surface area contributed by atoms with E-state index < -0.39 is 5.69 Å². The number of aryl methyl sites for hydroxylation is 1. The summed E-state index contributed by atoms with van der Waals surface area (Å²) >= 11 is 1.34. The molecule has 0 saturated heterocycles. The zero-order valence-corrected chi connectivity index (χ0v) is 23.7. The number of amides is 1. The zero-order chi connectivity index (χ0) is 28.5. The molecule has 0 unspecified atom stereocenters. The summed E-state index contributed by atoms with van der Waals surface area (Å²) in [5, 5.41) is 18.0. The van der Waals surface area contributed by atoms with E-state index in [4.69, 9.17) is 4.74 Å². The first-order valence-corrected chi connectivity index (χ1v) is 14.5.